The summed E-state index contributed by atoms with van der Waals surface area (Å²) < 4.78 is 57.1. The van der Waals surface area contributed by atoms with Gasteiger partial charge in [-0.3, -0.25) is 0 Å². The molecule has 0 amide bonds. The van der Waals surface area contributed by atoms with Crippen LogP contribution in [-0.2, 0) is 34.4 Å². The molecule has 2 atom stereocenters. The topological polar surface area (TPSA) is 156 Å². The highest BCUT2D eigenvalue weighted by molar-refractivity contribution is 7.90. The van der Waals surface area contributed by atoms with E-state index in [1.807, 2.05) is 0 Å². The van der Waals surface area contributed by atoms with Crippen LogP contribution in [0.1, 0.15) is 48.0 Å². The zero-order chi connectivity index (χ0) is 22.3. The summed E-state index contributed by atoms with van der Waals surface area (Å²) in [5.74, 6) is -2.35. The summed E-state index contributed by atoms with van der Waals surface area (Å²) in [7, 11) is -7.16. The summed E-state index contributed by atoms with van der Waals surface area (Å²) in [6.45, 7) is 8.62. The van der Waals surface area contributed by atoms with Crippen molar-refractivity contribution < 1.29 is 36.3 Å². The van der Waals surface area contributed by atoms with Crippen molar-refractivity contribution in [3.8, 4) is 0 Å². The zero-order valence-electron chi connectivity index (χ0n) is 16.9. The number of carboxylic acid groups (broad SMARTS) is 1. The molecule has 0 fully saturated rings. The molecule has 28 heavy (non-hydrogen) atoms. The van der Waals surface area contributed by atoms with Gasteiger partial charge in [0.2, 0.25) is 20.0 Å². The second-order valence-electron chi connectivity index (χ2n) is 7.04. The number of esters is 1. The average Bonchev–Trinajstić information content (AvgIpc) is 2.50. The van der Waals surface area contributed by atoms with Crippen molar-refractivity contribution in [3.63, 3.8) is 0 Å². The monoisotopic (exact) mass is 442 g/mol. The highest BCUT2D eigenvalue weighted by atomic mass is 32.2. The van der Waals surface area contributed by atoms with Crippen molar-refractivity contribution in [2.45, 2.75) is 70.5 Å². The standard InChI is InChI=1S/C16H30N2O8S2/c1-10(2)27(22,23)17-12(5)7-14(8-15(19)20)16(21)26-9-13(6)18-28(24,25)11(3)4/h8,10-13,17-18H,7,9H2,1-6H3,(H,19,20)/t12-,13-/m1/s1. The van der Waals surface area contributed by atoms with Gasteiger partial charge in [-0.05, 0) is 48.0 Å². The van der Waals surface area contributed by atoms with E-state index in [9.17, 15) is 26.4 Å². The van der Waals surface area contributed by atoms with E-state index in [0.29, 0.717) is 6.08 Å². The number of hydrogen-bond donors (Lipinski definition) is 3. The Morgan fingerprint density at radius 1 is 0.893 bits per heavy atom. The van der Waals surface area contributed by atoms with Crippen molar-refractivity contribution in [2.75, 3.05) is 6.61 Å². The van der Waals surface area contributed by atoms with Gasteiger partial charge in [0.1, 0.15) is 6.61 Å². The number of hydrogen-bond acceptors (Lipinski definition) is 7. The van der Waals surface area contributed by atoms with E-state index in [0.717, 1.165) is 0 Å². The number of carbonyl (C=O) groups excluding carboxylic acids is 1. The maximum absolute atomic E-state index is 12.2. The van der Waals surface area contributed by atoms with Crippen molar-refractivity contribution in [1.82, 2.24) is 9.44 Å². The lowest BCUT2D eigenvalue weighted by molar-refractivity contribution is -0.140. The van der Waals surface area contributed by atoms with Crippen molar-refractivity contribution in [3.05, 3.63) is 11.6 Å². The predicted octanol–water partition coefficient (Wildman–Crippen LogP) is 0.363. The smallest absolute Gasteiger partial charge is 0.334 e. The first kappa shape index (κ1) is 26.5. The minimum atomic E-state index is -3.60. The Balaban J connectivity index is 5.04. The highest BCUT2D eigenvalue weighted by Crippen LogP contribution is 2.11. The van der Waals surface area contributed by atoms with Crippen molar-refractivity contribution in [1.29, 1.82) is 0 Å². The van der Waals surface area contributed by atoms with E-state index in [-0.39, 0.29) is 18.6 Å². The molecule has 0 aliphatic heterocycles. The van der Waals surface area contributed by atoms with Crippen LogP contribution in [0.5, 0.6) is 0 Å². The van der Waals surface area contributed by atoms with E-state index in [1.54, 1.807) is 0 Å². The van der Waals surface area contributed by atoms with E-state index in [1.165, 1.54) is 41.5 Å². The molecule has 10 nitrogen and oxygen atoms in total. The van der Waals surface area contributed by atoms with Gasteiger partial charge in [-0.25, -0.2) is 35.9 Å². The van der Waals surface area contributed by atoms with E-state index >= 15 is 0 Å². The second kappa shape index (κ2) is 10.9. The molecule has 3 N–H and O–H groups in total. The number of carbonyl (C=O) groups is 2. The van der Waals surface area contributed by atoms with Crippen molar-refractivity contribution in [2.24, 2.45) is 0 Å². The molecule has 0 saturated heterocycles. The Bertz CT molecular complexity index is 785. The summed E-state index contributed by atoms with van der Waals surface area (Å²) in [4.78, 5) is 23.2. The van der Waals surface area contributed by atoms with Crippen LogP contribution in [0.3, 0.4) is 0 Å². The van der Waals surface area contributed by atoms with Gasteiger partial charge in [0.15, 0.2) is 0 Å². The molecule has 0 aromatic heterocycles. The quantitative estimate of drug-likeness (QED) is 0.289. The molecule has 0 unspecified atom stereocenters. The zero-order valence-corrected chi connectivity index (χ0v) is 18.6. The number of ether oxygens (including phenoxy) is 1. The highest BCUT2D eigenvalue weighted by Gasteiger charge is 2.24. The Labute approximate surface area is 166 Å². The third kappa shape index (κ3) is 9.62. The maximum atomic E-state index is 12.2. The molecular formula is C16H30N2O8S2. The van der Waals surface area contributed by atoms with E-state index in [2.05, 4.69) is 9.44 Å². The number of sulfonamides is 2. The van der Waals surface area contributed by atoms with Crippen molar-refractivity contribution >= 4 is 32.0 Å². The summed E-state index contributed by atoms with van der Waals surface area (Å²) in [5.41, 5.74) is -0.245. The summed E-state index contributed by atoms with van der Waals surface area (Å²) in [6.07, 6.45) is 0.439. The first-order valence-electron chi connectivity index (χ1n) is 8.71. The van der Waals surface area contributed by atoms with E-state index < -0.39 is 54.6 Å². The summed E-state index contributed by atoms with van der Waals surface area (Å²) in [5, 5.41) is 7.59. The molecule has 0 spiro atoms. The number of nitrogens with one attached hydrogen (secondary N) is 2. The van der Waals surface area contributed by atoms with Gasteiger partial charge in [-0.15, -0.1) is 0 Å². The van der Waals surface area contributed by atoms with Crippen LogP contribution < -0.4 is 9.44 Å². The number of aliphatic carboxylic acids is 1. The number of rotatable bonds is 12. The predicted molar refractivity (Wildman–Crippen MR) is 105 cm³/mol. The fourth-order valence-electron chi connectivity index (χ4n) is 1.88. The Morgan fingerprint density at radius 2 is 1.32 bits per heavy atom. The molecule has 0 aliphatic rings. The molecule has 0 saturated carbocycles. The molecule has 0 heterocycles. The lowest BCUT2D eigenvalue weighted by Gasteiger charge is -2.19. The van der Waals surface area contributed by atoms with Gasteiger partial charge in [-0.2, -0.15) is 0 Å². The minimum Gasteiger partial charge on any atom is -0.478 e. The van der Waals surface area contributed by atoms with Gasteiger partial charge in [-0.1, -0.05) is 0 Å². The molecule has 0 aliphatic carbocycles. The lowest BCUT2D eigenvalue weighted by atomic mass is 10.1. The fourth-order valence-corrected chi connectivity index (χ4v) is 3.70. The summed E-state index contributed by atoms with van der Waals surface area (Å²) in [6, 6.07) is -1.47. The van der Waals surface area contributed by atoms with Gasteiger partial charge in [0, 0.05) is 17.7 Å². The third-order valence-electron chi connectivity index (χ3n) is 3.52. The molecule has 0 rings (SSSR count). The number of carboxylic acids is 1. The molecule has 0 radical (unpaired) electrons. The second-order valence-corrected chi connectivity index (χ2v) is 11.6. The van der Waals surface area contributed by atoms with Gasteiger partial charge >= 0.3 is 11.9 Å². The molecule has 12 heteroatoms. The summed E-state index contributed by atoms with van der Waals surface area (Å²) >= 11 is 0. The molecule has 0 aromatic rings. The van der Waals surface area contributed by atoms with Crippen LogP contribution >= 0.6 is 0 Å². The van der Waals surface area contributed by atoms with Crippen LogP contribution in [-0.4, -0.2) is 63.1 Å². The van der Waals surface area contributed by atoms with Gasteiger partial charge < -0.3 is 9.84 Å². The Hall–Kier alpha value is -1.50. The molecular weight excluding hydrogens is 412 g/mol. The van der Waals surface area contributed by atoms with Gasteiger partial charge in [0.05, 0.1) is 16.5 Å². The fraction of sp³-hybridized carbons (Fsp3) is 0.750. The Kier molecular flexibility index (Phi) is 10.3. The first-order valence-corrected chi connectivity index (χ1v) is 11.8. The lowest BCUT2D eigenvalue weighted by Crippen LogP contribution is -2.40. The molecule has 0 aromatic carbocycles. The third-order valence-corrected chi connectivity index (χ3v) is 7.47. The van der Waals surface area contributed by atoms with Crippen LogP contribution in [0, 0.1) is 0 Å². The average molecular weight is 443 g/mol. The van der Waals surface area contributed by atoms with Gasteiger partial charge in [0.25, 0.3) is 0 Å². The first-order chi connectivity index (χ1) is 12.6. The van der Waals surface area contributed by atoms with Crippen LogP contribution in [0.25, 0.3) is 0 Å². The van der Waals surface area contributed by atoms with Crippen LogP contribution in [0.15, 0.2) is 11.6 Å². The van der Waals surface area contributed by atoms with Crippen LogP contribution in [0.4, 0.5) is 0 Å². The molecule has 164 valence electrons. The Morgan fingerprint density at radius 3 is 1.71 bits per heavy atom. The SMILES string of the molecule is CC(C)S(=O)(=O)N[C@H](C)COC(=O)C(=CC(=O)O)C[C@@H](C)NS(=O)(=O)C(C)C. The maximum Gasteiger partial charge on any atom is 0.334 e. The van der Waals surface area contributed by atoms with E-state index in [4.69, 9.17) is 9.84 Å². The molecule has 0 bridgehead atoms. The minimum absolute atomic E-state index is 0.205. The largest absolute Gasteiger partial charge is 0.478 e. The van der Waals surface area contributed by atoms with Crippen LogP contribution in [0.2, 0.25) is 0 Å². The normalized spacial score (nSPS) is 15.5.